The van der Waals surface area contributed by atoms with E-state index in [0.717, 1.165) is 18.2 Å². The van der Waals surface area contributed by atoms with E-state index >= 15 is 0 Å². The van der Waals surface area contributed by atoms with Gasteiger partial charge in [0.05, 0.1) is 5.69 Å². The van der Waals surface area contributed by atoms with E-state index in [1.54, 1.807) is 12.4 Å². The van der Waals surface area contributed by atoms with Crippen molar-refractivity contribution in [3.63, 3.8) is 0 Å². The van der Waals surface area contributed by atoms with Crippen LogP contribution in [0.3, 0.4) is 0 Å². The lowest BCUT2D eigenvalue weighted by Gasteiger charge is -2.46. The Morgan fingerprint density at radius 3 is 2.60 bits per heavy atom. The maximum atomic E-state index is 4.28. The van der Waals surface area contributed by atoms with Gasteiger partial charge in [-0.3, -0.25) is 14.9 Å². The first-order valence-corrected chi connectivity index (χ1v) is 5.53. The Morgan fingerprint density at radius 2 is 2.07 bits per heavy atom. The molecular weight excluding hydrogens is 186 g/mol. The molecule has 3 nitrogen and oxygen atoms in total. The fraction of sp³-hybridized carbons (Fsp3) is 0.667. The average Bonchev–Trinajstić information content (AvgIpc) is 2.10. The molecular formula is C12H19N3. The van der Waals surface area contributed by atoms with Crippen LogP contribution in [-0.4, -0.2) is 28.0 Å². The van der Waals surface area contributed by atoms with E-state index in [9.17, 15) is 0 Å². The van der Waals surface area contributed by atoms with Crippen LogP contribution in [0.25, 0.3) is 0 Å². The monoisotopic (exact) mass is 205 g/mol. The van der Waals surface area contributed by atoms with E-state index in [4.69, 9.17) is 0 Å². The standard InChI is InChI=1S/C12H19N3/c1-12(2,3)10-7-15(8-10)9-11-6-13-4-5-14-11/h4-6,10H,7-9H2,1-3H3. The van der Waals surface area contributed by atoms with Gasteiger partial charge in [-0.2, -0.15) is 0 Å². The van der Waals surface area contributed by atoms with Crippen LogP contribution in [0.2, 0.25) is 0 Å². The van der Waals surface area contributed by atoms with Crippen LogP contribution in [0.1, 0.15) is 26.5 Å². The number of hydrogen-bond donors (Lipinski definition) is 0. The molecule has 1 saturated heterocycles. The Bertz CT molecular complexity index is 309. The molecule has 0 spiro atoms. The molecule has 3 heteroatoms. The summed E-state index contributed by atoms with van der Waals surface area (Å²) in [6.45, 7) is 10.3. The van der Waals surface area contributed by atoms with E-state index < -0.39 is 0 Å². The van der Waals surface area contributed by atoms with Crippen molar-refractivity contribution in [2.75, 3.05) is 13.1 Å². The molecule has 0 aliphatic carbocycles. The molecule has 15 heavy (non-hydrogen) atoms. The molecule has 0 N–H and O–H groups in total. The van der Waals surface area contributed by atoms with Crippen molar-refractivity contribution in [3.05, 3.63) is 24.3 Å². The first kappa shape index (κ1) is 10.6. The van der Waals surface area contributed by atoms with Crippen molar-refractivity contribution in [2.45, 2.75) is 27.3 Å². The van der Waals surface area contributed by atoms with E-state index in [1.165, 1.54) is 13.1 Å². The lowest BCUT2D eigenvalue weighted by atomic mass is 9.76. The highest BCUT2D eigenvalue weighted by Crippen LogP contribution is 2.33. The molecule has 1 aliphatic heterocycles. The summed E-state index contributed by atoms with van der Waals surface area (Å²) in [5, 5.41) is 0. The Hall–Kier alpha value is -0.960. The molecule has 2 rings (SSSR count). The second-order valence-electron chi connectivity index (χ2n) is 5.45. The van der Waals surface area contributed by atoms with Gasteiger partial charge in [-0.05, 0) is 11.3 Å². The van der Waals surface area contributed by atoms with Crippen LogP contribution in [-0.2, 0) is 6.54 Å². The van der Waals surface area contributed by atoms with Gasteiger partial charge in [0, 0.05) is 38.2 Å². The Morgan fingerprint density at radius 1 is 1.33 bits per heavy atom. The lowest BCUT2D eigenvalue weighted by Crippen LogP contribution is -2.51. The summed E-state index contributed by atoms with van der Waals surface area (Å²) in [4.78, 5) is 10.8. The summed E-state index contributed by atoms with van der Waals surface area (Å²) in [5.74, 6) is 0.828. The van der Waals surface area contributed by atoms with E-state index in [2.05, 4.69) is 35.6 Å². The van der Waals surface area contributed by atoms with Crippen LogP contribution in [0.4, 0.5) is 0 Å². The average molecular weight is 205 g/mol. The molecule has 0 aromatic carbocycles. The third-order valence-corrected chi connectivity index (χ3v) is 3.18. The van der Waals surface area contributed by atoms with Crippen LogP contribution < -0.4 is 0 Å². The van der Waals surface area contributed by atoms with Gasteiger partial charge in [-0.25, -0.2) is 0 Å². The Kier molecular flexibility index (Phi) is 2.74. The minimum atomic E-state index is 0.443. The molecule has 0 amide bonds. The SMILES string of the molecule is CC(C)(C)C1CN(Cc2cnccn2)C1. The summed E-state index contributed by atoms with van der Waals surface area (Å²) in [6.07, 6.45) is 5.33. The summed E-state index contributed by atoms with van der Waals surface area (Å²) < 4.78 is 0. The second kappa shape index (κ2) is 3.89. The number of likely N-dealkylation sites (tertiary alicyclic amines) is 1. The molecule has 0 saturated carbocycles. The topological polar surface area (TPSA) is 29.0 Å². The predicted molar refractivity (Wildman–Crippen MR) is 60.3 cm³/mol. The van der Waals surface area contributed by atoms with Crippen LogP contribution in [0.5, 0.6) is 0 Å². The number of rotatable bonds is 2. The van der Waals surface area contributed by atoms with Crippen molar-refractivity contribution in [2.24, 2.45) is 11.3 Å². The fourth-order valence-corrected chi connectivity index (χ4v) is 1.89. The molecule has 0 bridgehead atoms. The van der Waals surface area contributed by atoms with Gasteiger partial charge in [0.1, 0.15) is 0 Å². The smallest absolute Gasteiger partial charge is 0.0726 e. The summed E-state index contributed by atoms with van der Waals surface area (Å²) in [7, 11) is 0. The summed E-state index contributed by atoms with van der Waals surface area (Å²) in [6, 6.07) is 0. The zero-order valence-corrected chi connectivity index (χ0v) is 9.77. The number of aromatic nitrogens is 2. The van der Waals surface area contributed by atoms with Crippen molar-refractivity contribution in [3.8, 4) is 0 Å². The van der Waals surface area contributed by atoms with Gasteiger partial charge in [0.15, 0.2) is 0 Å². The maximum Gasteiger partial charge on any atom is 0.0726 e. The van der Waals surface area contributed by atoms with Crippen LogP contribution >= 0.6 is 0 Å². The maximum absolute atomic E-state index is 4.28. The van der Waals surface area contributed by atoms with Crippen LogP contribution in [0, 0.1) is 11.3 Å². The fourth-order valence-electron chi connectivity index (χ4n) is 1.89. The molecule has 2 heterocycles. The van der Waals surface area contributed by atoms with E-state index in [1.807, 2.05) is 6.20 Å². The normalized spacial score (nSPS) is 18.9. The molecule has 0 atom stereocenters. The number of nitrogens with zero attached hydrogens (tertiary/aromatic N) is 3. The van der Waals surface area contributed by atoms with Crippen LogP contribution in [0.15, 0.2) is 18.6 Å². The van der Waals surface area contributed by atoms with Crippen molar-refractivity contribution in [1.29, 1.82) is 0 Å². The molecule has 0 unspecified atom stereocenters. The minimum absolute atomic E-state index is 0.443. The van der Waals surface area contributed by atoms with E-state index in [-0.39, 0.29) is 0 Å². The Balaban J connectivity index is 1.82. The third-order valence-electron chi connectivity index (χ3n) is 3.18. The molecule has 0 radical (unpaired) electrons. The quantitative estimate of drug-likeness (QED) is 0.739. The van der Waals surface area contributed by atoms with Crippen molar-refractivity contribution < 1.29 is 0 Å². The first-order chi connectivity index (χ1) is 7.05. The largest absolute Gasteiger partial charge is 0.297 e. The van der Waals surface area contributed by atoms with Gasteiger partial charge in [0.25, 0.3) is 0 Å². The zero-order chi connectivity index (χ0) is 10.9. The van der Waals surface area contributed by atoms with Crippen molar-refractivity contribution >= 4 is 0 Å². The zero-order valence-electron chi connectivity index (χ0n) is 9.77. The highest BCUT2D eigenvalue weighted by Gasteiger charge is 2.35. The highest BCUT2D eigenvalue weighted by atomic mass is 15.2. The minimum Gasteiger partial charge on any atom is -0.297 e. The molecule has 1 fully saturated rings. The van der Waals surface area contributed by atoms with Gasteiger partial charge in [-0.15, -0.1) is 0 Å². The van der Waals surface area contributed by atoms with Gasteiger partial charge in [0.2, 0.25) is 0 Å². The Labute approximate surface area is 91.5 Å². The predicted octanol–water partition coefficient (Wildman–Crippen LogP) is 1.95. The molecule has 1 aliphatic rings. The first-order valence-electron chi connectivity index (χ1n) is 5.53. The molecule has 1 aromatic heterocycles. The van der Waals surface area contributed by atoms with E-state index in [0.29, 0.717) is 5.41 Å². The highest BCUT2D eigenvalue weighted by molar-refractivity contribution is 4.97. The molecule has 82 valence electrons. The van der Waals surface area contributed by atoms with Gasteiger partial charge >= 0.3 is 0 Å². The van der Waals surface area contributed by atoms with Gasteiger partial charge < -0.3 is 0 Å². The second-order valence-corrected chi connectivity index (χ2v) is 5.45. The van der Waals surface area contributed by atoms with Crippen molar-refractivity contribution in [1.82, 2.24) is 14.9 Å². The summed E-state index contributed by atoms with van der Waals surface area (Å²) in [5.41, 5.74) is 1.52. The lowest BCUT2D eigenvalue weighted by molar-refractivity contribution is 0.0180. The third kappa shape index (κ3) is 2.53. The van der Waals surface area contributed by atoms with Gasteiger partial charge in [-0.1, -0.05) is 20.8 Å². The summed E-state index contributed by atoms with van der Waals surface area (Å²) >= 11 is 0. The molecule has 1 aromatic rings. The number of hydrogen-bond acceptors (Lipinski definition) is 3.